The first-order chi connectivity index (χ1) is 0. The van der Waals surface area contributed by atoms with E-state index < -0.39 is 0 Å². The summed E-state index contributed by atoms with van der Waals surface area (Å²) in [5.74, 6) is 0. The van der Waals surface area contributed by atoms with Crippen LogP contribution in [0.4, 0.5) is 0 Å². The van der Waals surface area contributed by atoms with Gasteiger partial charge in [0.05, 0.1) is 0 Å². The van der Waals surface area contributed by atoms with Crippen LogP contribution in [0.2, 0.25) is 0 Å². The van der Waals surface area contributed by atoms with Crippen LogP contribution < -0.4 is 24.8 Å². The van der Waals surface area contributed by atoms with Gasteiger partial charge in [-0.1, -0.05) is 0 Å². The first-order valence-corrected chi connectivity index (χ1v) is 0. The van der Waals surface area contributed by atoms with Crippen molar-refractivity contribution in [2.75, 3.05) is 0 Å². The molecule has 0 aliphatic rings. The summed E-state index contributed by atoms with van der Waals surface area (Å²) in [6.45, 7) is 0. The molecule has 2 N–H and O–H groups in total. The molecule has 0 saturated heterocycles. The van der Waals surface area contributed by atoms with E-state index in [9.17, 15) is 0 Å². The molecule has 0 bridgehead atoms. The van der Waals surface area contributed by atoms with Crippen molar-refractivity contribution in [1.82, 2.24) is 0 Å². The zero-order chi connectivity index (χ0) is 0. The summed E-state index contributed by atoms with van der Waals surface area (Å²) in [6.07, 6.45) is 0. The van der Waals surface area contributed by atoms with Gasteiger partial charge in [0, 0.05) is 25.8 Å². The van der Waals surface area contributed by atoms with Gasteiger partial charge in [-0.25, -0.2) is 0 Å². The van der Waals surface area contributed by atoms with Gasteiger partial charge in [0.2, 0.25) is 0 Å². The van der Waals surface area contributed by atoms with Crippen LogP contribution in [0.5, 0.6) is 0 Å². The molecule has 4 heavy (non-hydrogen) atoms. The second kappa shape index (κ2) is 25.8. The van der Waals surface area contributed by atoms with Crippen molar-refractivity contribution >= 4 is 25.8 Å². The molecule has 27 valence electrons. The Morgan fingerprint density at radius 1 is 0.750 bits per heavy atom. The van der Waals surface area contributed by atoms with E-state index >= 15 is 0 Å². The van der Waals surface area contributed by atoms with E-state index in [4.69, 9.17) is 0 Å². The molecule has 0 rings (SSSR count). The molecule has 0 aromatic heterocycles. The number of halogens is 2. The molecule has 0 aromatic rings. The van der Waals surface area contributed by atoms with E-state index in [1.165, 1.54) is 0 Å². The molecule has 0 unspecified atom stereocenters. The fourth-order valence-corrected chi connectivity index (χ4v) is 0. The van der Waals surface area contributed by atoms with Crippen molar-refractivity contribution in [1.29, 1.82) is 0 Å². The molecule has 0 aromatic carbocycles. The van der Waals surface area contributed by atoms with Gasteiger partial charge in [-0.05, 0) is 0 Å². The molecule has 4 heteroatoms. The largest absolute Gasteiger partial charge is 1.00 e. The molecule has 1 nitrogen and oxygen atoms in total. The van der Waals surface area contributed by atoms with Gasteiger partial charge in [0.25, 0.3) is 0 Å². The average molecular weight is 204 g/mol. The quantitative estimate of drug-likeness (QED) is 0.375. The van der Waals surface area contributed by atoms with Gasteiger partial charge in [-0.15, -0.1) is 0 Å². The predicted octanol–water partition coefficient (Wildman–Crippen LogP) is -7.20. The third-order valence-electron chi connectivity index (χ3n) is 0. The summed E-state index contributed by atoms with van der Waals surface area (Å²) in [5, 5.41) is 0. The van der Waals surface area contributed by atoms with Gasteiger partial charge in [-0.2, -0.15) is 0 Å². The normalized spacial score (nSPS) is 0. The van der Waals surface area contributed by atoms with Crippen LogP contribution in [0.15, 0.2) is 0 Å². The van der Waals surface area contributed by atoms with Crippen LogP contribution in [0.25, 0.3) is 0 Å². The Morgan fingerprint density at radius 3 is 0.750 bits per heavy atom. The third-order valence-corrected chi connectivity index (χ3v) is 0. The van der Waals surface area contributed by atoms with Crippen LogP contribution in [0.1, 0.15) is 0 Å². The summed E-state index contributed by atoms with van der Waals surface area (Å²) in [7, 11) is 0. The average Bonchev–Trinajstić information content (AvgIpc) is 0. The molecule has 0 amide bonds. The van der Waals surface area contributed by atoms with Gasteiger partial charge < -0.3 is 30.3 Å². The Kier molecular flexibility index (Phi) is 341. The second-order valence-corrected chi connectivity index (χ2v) is 0. The summed E-state index contributed by atoms with van der Waals surface area (Å²) >= 11 is 0. The molecule has 3 radical (unpaired) electrons. The van der Waals surface area contributed by atoms with E-state index in [0.717, 1.165) is 0 Å². The molecule has 0 spiro atoms. The molecular weight excluding hydrogens is 202 g/mol. The molecule has 0 atom stereocenters. The summed E-state index contributed by atoms with van der Waals surface area (Å²) < 4.78 is 0. The first kappa shape index (κ1) is 52.9. The van der Waals surface area contributed by atoms with Crippen molar-refractivity contribution in [2.24, 2.45) is 0 Å². The van der Waals surface area contributed by atoms with E-state index in [0.29, 0.717) is 0 Å². The number of hydrogen-bond donors (Lipinski definition) is 0. The molecule has 0 aliphatic heterocycles. The number of rotatable bonds is 0. The third kappa shape index (κ3) is 9.96. The van der Waals surface area contributed by atoms with Crippen molar-refractivity contribution in [3.8, 4) is 0 Å². The molecule has 0 saturated carbocycles. The SMILES string of the molecule is O.[Cl-].[Cl-].[In]. The maximum atomic E-state index is 0. The van der Waals surface area contributed by atoms with Crippen molar-refractivity contribution in [3.05, 3.63) is 0 Å². The van der Waals surface area contributed by atoms with E-state index in [1.54, 1.807) is 0 Å². The van der Waals surface area contributed by atoms with Gasteiger partial charge in [-0.3, -0.25) is 0 Å². The van der Waals surface area contributed by atoms with Crippen LogP contribution in [-0.2, 0) is 0 Å². The monoisotopic (exact) mass is 203 g/mol. The number of hydrogen-bond acceptors (Lipinski definition) is 0. The van der Waals surface area contributed by atoms with E-state index in [1.807, 2.05) is 0 Å². The minimum absolute atomic E-state index is 0. The Bertz CT molecular complexity index is 6.00. The Hall–Kier alpha value is 1.41. The minimum Gasteiger partial charge on any atom is -1.00 e. The molecule has 0 fully saturated rings. The smallest absolute Gasteiger partial charge is 0 e. The Balaban J connectivity index is 0. The molecule has 0 aliphatic carbocycles. The van der Waals surface area contributed by atoms with Crippen LogP contribution >= 0.6 is 0 Å². The maximum absolute atomic E-state index is 0. The summed E-state index contributed by atoms with van der Waals surface area (Å²) in [5.41, 5.74) is 0. The zero-order valence-corrected chi connectivity index (χ0v) is 6.64. The standard InChI is InChI=1S/2ClH.In.H2O/h2*1H;;1H2/p-2. The van der Waals surface area contributed by atoms with Gasteiger partial charge >= 0.3 is 0 Å². The Labute approximate surface area is 56.1 Å². The Morgan fingerprint density at radius 2 is 0.750 bits per heavy atom. The second-order valence-electron chi connectivity index (χ2n) is 0. The van der Waals surface area contributed by atoms with Crippen LogP contribution in [-0.4, -0.2) is 31.3 Å². The topological polar surface area (TPSA) is 31.5 Å². The van der Waals surface area contributed by atoms with Crippen molar-refractivity contribution in [3.63, 3.8) is 0 Å². The first-order valence-electron chi connectivity index (χ1n) is 0. The molecule has 0 heterocycles. The van der Waals surface area contributed by atoms with E-state index in [2.05, 4.69) is 0 Å². The van der Waals surface area contributed by atoms with Crippen molar-refractivity contribution in [2.45, 2.75) is 0 Å². The van der Waals surface area contributed by atoms with Gasteiger partial charge in [0.15, 0.2) is 0 Å². The fraction of sp³-hybridized carbons (Fsp3) is 0. The van der Waals surface area contributed by atoms with Crippen molar-refractivity contribution < 1.29 is 30.3 Å². The molecular formula is H2Cl2InO-2. The van der Waals surface area contributed by atoms with Gasteiger partial charge in [0.1, 0.15) is 0 Å². The minimum atomic E-state index is 0. The predicted molar refractivity (Wildman–Crippen MR) is 9.37 cm³/mol. The fourth-order valence-electron chi connectivity index (χ4n) is 0. The maximum Gasteiger partial charge on any atom is 0 e. The van der Waals surface area contributed by atoms with Crippen LogP contribution in [0.3, 0.4) is 0 Å². The summed E-state index contributed by atoms with van der Waals surface area (Å²) in [6, 6.07) is 0. The van der Waals surface area contributed by atoms with E-state index in [-0.39, 0.29) is 56.1 Å². The summed E-state index contributed by atoms with van der Waals surface area (Å²) in [4.78, 5) is 0. The zero-order valence-electron chi connectivity index (χ0n) is 1.83. The van der Waals surface area contributed by atoms with Crippen LogP contribution in [0, 0.1) is 0 Å².